The van der Waals surface area contributed by atoms with Crippen molar-refractivity contribution in [2.75, 3.05) is 13.1 Å². The van der Waals surface area contributed by atoms with Gasteiger partial charge in [-0.3, -0.25) is 14.4 Å². The minimum Gasteiger partial charge on any atom is -0.444 e. The summed E-state index contributed by atoms with van der Waals surface area (Å²) in [6.07, 6.45) is 4.45. The van der Waals surface area contributed by atoms with Crippen LogP contribution in [0, 0.1) is 13.8 Å². The molecule has 0 aliphatic rings. The van der Waals surface area contributed by atoms with E-state index in [4.69, 9.17) is 10.5 Å². The summed E-state index contributed by atoms with van der Waals surface area (Å²) in [5.41, 5.74) is 7.17. The van der Waals surface area contributed by atoms with Crippen LogP contribution in [-0.4, -0.2) is 53.4 Å². The fourth-order valence-electron chi connectivity index (χ4n) is 4.46. The molecule has 0 heterocycles. The van der Waals surface area contributed by atoms with Crippen molar-refractivity contribution in [2.45, 2.75) is 118 Å². The number of primary amides is 1. The third kappa shape index (κ3) is 12.1. The Hall–Kier alpha value is -3.10. The Morgan fingerprint density at radius 3 is 2.10 bits per heavy atom. The number of amides is 4. The van der Waals surface area contributed by atoms with Crippen molar-refractivity contribution >= 4 is 23.8 Å². The zero-order chi connectivity index (χ0) is 29.6. The van der Waals surface area contributed by atoms with Crippen molar-refractivity contribution in [3.63, 3.8) is 0 Å². The lowest BCUT2D eigenvalue weighted by atomic mass is 9.93. The van der Waals surface area contributed by atoms with Gasteiger partial charge in [0.05, 0.1) is 0 Å². The van der Waals surface area contributed by atoms with Crippen molar-refractivity contribution in [3.05, 3.63) is 34.9 Å². The van der Waals surface area contributed by atoms with Crippen LogP contribution in [-0.2, 0) is 19.1 Å². The van der Waals surface area contributed by atoms with Gasteiger partial charge in [0.1, 0.15) is 17.7 Å². The first-order chi connectivity index (χ1) is 18.3. The Bertz CT molecular complexity index is 937. The molecule has 39 heavy (non-hydrogen) atoms. The number of hydrogen-bond acceptors (Lipinski definition) is 5. The van der Waals surface area contributed by atoms with Crippen molar-refractivity contribution < 1.29 is 23.9 Å². The van der Waals surface area contributed by atoms with E-state index < -0.39 is 35.6 Å². The van der Waals surface area contributed by atoms with Crippen molar-refractivity contribution in [1.82, 2.24) is 15.5 Å². The Kier molecular flexibility index (Phi) is 14.6. The minimum absolute atomic E-state index is 0.00468. The number of benzene rings is 1. The van der Waals surface area contributed by atoms with Gasteiger partial charge in [-0.1, -0.05) is 57.7 Å². The normalized spacial score (nSPS) is 12.8. The van der Waals surface area contributed by atoms with Crippen LogP contribution in [0.3, 0.4) is 0 Å². The SMILES string of the molecule is CCCCCNC(=O)C(c1c(C)cccc1C)N(CCCCC)C(=O)C(CCC(N)=O)NC(=O)OC(C)(C)C. The van der Waals surface area contributed by atoms with Crippen LogP contribution in [0.25, 0.3) is 0 Å². The van der Waals surface area contributed by atoms with Gasteiger partial charge in [-0.05, 0) is 70.6 Å². The van der Waals surface area contributed by atoms with Gasteiger partial charge in [0.25, 0.3) is 0 Å². The molecule has 2 atom stereocenters. The summed E-state index contributed by atoms with van der Waals surface area (Å²) in [4.78, 5) is 53.9. The molecule has 0 saturated heterocycles. The number of carbonyl (C=O) groups excluding carboxylic acids is 4. The molecule has 220 valence electrons. The average Bonchev–Trinajstić information content (AvgIpc) is 2.83. The van der Waals surface area contributed by atoms with Crippen LogP contribution in [0.4, 0.5) is 4.79 Å². The molecule has 0 spiro atoms. The van der Waals surface area contributed by atoms with E-state index in [1.807, 2.05) is 32.0 Å². The molecule has 0 radical (unpaired) electrons. The summed E-state index contributed by atoms with van der Waals surface area (Å²) >= 11 is 0. The third-order valence-electron chi connectivity index (χ3n) is 6.41. The predicted molar refractivity (Wildman–Crippen MR) is 154 cm³/mol. The Balaban J connectivity index is 3.54. The van der Waals surface area contributed by atoms with Gasteiger partial charge in [-0.25, -0.2) is 4.79 Å². The molecule has 0 aliphatic carbocycles. The van der Waals surface area contributed by atoms with E-state index >= 15 is 0 Å². The van der Waals surface area contributed by atoms with Gasteiger partial charge in [-0.2, -0.15) is 0 Å². The lowest BCUT2D eigenvalue weighted by molar-refractivity contribution is -0.143. The Morgan fingerprint density at radius 2 is 1.56 bits per heavy atom. The fourth-order valence-corrected chi connectivity index (χ4v) is 4.46. The average molecular weight is 547 g/mol. The van der Waals surface area contributed by atoms with Gasteiger partial charge >= 0.3 is 6.09 Å². The Morgan fingerprint density at radius 1 is 0.974 bits per heavy atom. The molecule has 4 amide bonds. The summed E-state index contributed by atoms with van der Waals surface area (Å²) in [5.74, 6) is -1.30. The van der Waals surface area contributed by atoms with E-state index in [0.29, 0.717) is 19.5 Å². The number of nitrogens with two attached hydrogens (primary N) is 1. The summed E-state index contributed by atoms with van der Waals surface area (Å²) in [6.45, 7) is 14.0. The van der Waals surface area contributed by atoms with Gasteiger partial charge in [-0.15, -0.1) is 0 Å². The molecular formula is C30H50N4O5. The molecule has 9 nitrogen and oxygen atoms in total. The molecular weight excluding hydrogens is 496 g/mol. The number of aryl methyl sites for hydroxylation is 2. The molecule has 1 rings (SSSR count). The molecule has 0 aliphatic heterocycles. The summed E-state index contributed by atoms with van der Waals surface area (Å²) in [7, 11) is 0. The van der Waals surface area contributed by atoms with Gasteiger partial charge < -0.3 is 26.0 Å². The maximum atomic E-state index is 14.2. The highest BCUT2D eigenvalue weighted by Crippen LogP contribution is 2.29. The summed E-state index contributed by atoms with van der Waals surface area (Å²) in [5, 5.41) is 5.68. The molecule has 0 aromatic heterocycles. The monoisotopic (exact) mass is 546 g/mol. The highest BCUT2D eigenvalue weighted by atomic mass is 16.6. The predicted octanol–water partition coefficient (Wildman–Crippen LogP) is 4.83. The van der Waals surface area contributed by atoms with Gasteiger partial charge in [0, 0.05) is 19.5 Å². The highest BCUT2D eigenvalue weighted by molar-refractivity contribution is 5.93. The quantitative estimate of drug-likeness (QED) is 0.256. The molecule has 0 fully saturated rings. The van der Waals surface area contributed by atoms with Crippen molar-refractivity contribution in [3.8, 4) is 0 Å². The van der Waals surface area contributed by atoms with Crippen LogP contribution in [0.5, 0.6) is 0 Å². The molecule has 2 unspecified atom stereocenters. The van der Waals surface area contributed by atoms with Crippen LogP contribution >= 0.6 is 0 Å². The van der Waals surface area contributed by atoms with Crippen LogP contribution < -0.4 is 16.4 Å². The molecule has 0 saturated carbocycles. The number of nitrogens with zero attached hydrogens (tertiary/aromatic N) is 1. The lowest BCUT2D eigenvalue weighted by Crippen LogP contribution is -2.53. The standard InChI is InChI=1S/C30H50N4O5/c1-8-10-12-19-32-27(36)26(25-21(3)15-14-16-22(25)4)34(20-13-11-9-2)28(37)23(17-18-24(31)35)33-29(38)39-30(5,6)7/h14-16,23,26H,8-13,17-20H2,1-7H3,(H2,31,35)(H,32,36)(H,33,38). The van der Waals surface area contributed by atoms with Crippen LogP contribution in [0.1, 0.15) is 109 Å². The molecule has 9 heteroatoms. The Labute approximate surface area is 234 Å². The second-order valence-electron chi connectivity index (χ2n) is 11.1. The maximum absolute atomic E-state index is 14.2. The van der Waals surface area contributed by atoms with Crippen LogP contribution in [0.2, 0.25) is 0 Å². The number of unbranched alkanes of at least 4 members (excludes halogenated alkanes) is 4. The number of ether oxygens (including phenoxy) is 1. The fraction of sp³-hybridized carbons (Fsp3) is 0.667. The summed E-state index contributed by atoms with van der Waals surface area (Å²) < 4.78 is 5.39. The van der Waals surface area contributed by atoms with E-state index in [2.05, 4.69) is 24.5 Å². The van der Waals surface area contributed by atoms with E-state index in [1.165, 1.54) is 0 Å². The van der Waals surface area contributed by atoms with E-state index in [-0.39, 0.29) is 18.7 Å². The first-order valence-corrected chi connectivity index (χ1v) is 14.2. The zero-order valence-corrected chi connectivity index (χ0v) is 25.0. The van der Waals surface area contributed by atoms with Gasteiger partial charge in [0.15, 0.2) is 0 Å². The number of rotatable bonds is 16. The van der Waals surface area contributed by atoms with E-state index in [1.54, 1.807) is 25.7 Å². The zero-order valence-electron chi connectivity index (χ0n) is 25.0. The molecule has 0 bridgehead atoms. The number of carbonyl (C=O) groups is 4. The molecule has 1 aromatic carbocycles. The van der Waals surface area contributed by atoms with E-state index in [0.717, 1.165) is 48.8 Å². The third-order valence-corrected chi connectivity index (χ3v) is 6.41. The van der Waals surface area contributed by atoms with Crippen LogP contribution in [0.15, 0.2) is 18.2 Å². The summed E-state index contributed by atoms with van der Waals surface area (Å²) in [6, 6.07) is 3.80. The second-order valence-corrected chi connectivity index (χ2v) is 11.1. The first kappa shape index (κ1) is 33.9. The second kappa shape index (κ2) is 16.8. The van der Waals surface area contributed by atoms with E-state index in [9.17, 15) is 19.2 Å². The highest BCUT2D eigenvalue weighted by Gasteiger charge is 2.37. The largest absolute Gasteiger partial charge is 0.444 e. The molecule has 4 N–H and O–H groups in total. The smallest absolute Gasteiger partial charge is 0.408 e. The minimum atomic E-state index is -1.09. The van der Waals surface area contributed by atoms with Crippen molar-refractivity contribution in [1.29, 1.82) is 0 Å². The van der Waals surface area contributed by atoms with Gasteiger partial charge in [0.2, 0.25) is 17.7 Å². The molecule has 1 aromatic rings. The number of alkyl carbamates (subject to hydrolysis) is 1. The maximum Gasteiger partial charge on any atom is 0.408 e. The first-order valence-electron chi connectivity index (χ1n) is 14.2. The number of hydrogen-bond donors (Lipinski definition) is 3. The number of nitrogens with one attached hydrogen (secondary N) is 2. The lowest BCUT2D eigenvalue weighted by Gasteiger charge is -2.36. The topological polar surface area (TPSA) is 131 Å². The van der Waals surface area contributed by atoms with Crippen molar-refractivity contribution in [2.24, 2.45) is 5.73 Å².